The molecule has 0 amide bonds. The quantitative estimate of drug-likeness (QED) is 0.661. The van der Waals surface area contributed by atoms with Gasteiger partial charge in [-0.2, -0.15) is 0 Å². The van der Waals surface area contributed by atoms with Crippen LogP contribution in [0.15, 0.2) is 42.5 Å². The van der Waals surface area contributed by atoms with Gasteiger partial charge in [-0.15, -0.1) is 0 Å². The minimum atomic E-state index is -0.377. The van der Waals surface area contributed by atoms with Crippen molar-refractivity contribution in [2.75, 3.05) is 5.32 Å². The number of carbonyl (C=O) groups is 1. The summed E-state index contributed by atoms with van der Waals surface area (Å²) in [4.78, 5) is 11.0. The van der Waals surface area contributed by atoms with Crippen LogP contribution in [0, 0.1) is 0 Å². The summed E-state index contributed by atoms with van der Waals surface area (Å²) in [7, 11) is 0. The lowest BCUT2D eigenvalue weighted by Crippen LogP contribution is -2.03. The number of hydrogen-bond donors (Lipinski definition) is 1. The van der Waals surface area contributed by atoms with Crippen LogP contribution in [0.4, 0.5) is 11.4 Å². The van der Waals surface area contributed by atoms with E-state index in [9.17, 15) is 4.79 Å². The van der Waals surface area contributed by atoms with Gasteiger partial charge in [0.1, 0.15) is 0 Å². The van der Waals surface area contributed by atoms with E-state index in [0.29, 0.717) is 21.5 Å². The molecule has 2 aromatic carbocycles. The smallest absolute Gasteiger partial charge is 0.308 e. The van der Waals surface area contributed by atoms with Crippen LogP contribution in [0.1, 0.15) is 6.92 Å². The van der Waals surface area contributed by atoms with Crippen molar-refractivity contribution in [3.05, 3.63) is 52.5 Å². The van der Waals surface area contributed by atoms with Crippen LogP contribution in [0.3, 0.4) is 0 Å². The molecule has 0 aliphatic carbocycles. The fourth-order valence-electron chi connectivity index (χ4n) is 1.60. The maximum absolute atomic E-state index is 11.0. The van der Waals surface area contributed by atoms with Crippen molar-refractivity contribution in [3.8, 4) is 5.75 Å². The summed E-state index contributed by atoms with van der Waals surface area (Å²) in [5.41, 5.74) is 1.38. The Hall–Kier alpha value is -1.71. The monoisotopic (exact) mass is 295 g/mol. The molecular weight excluding hydrogens is 285 g/mol. The van der Waals surface area contributed by atoms with E-state index in [4.69, 9.17) is 27.9 Å². The maximum Gasteiger partial charge on any atom is 0.308 e. The average Bonchev–Trinajstić information content (AvgIpc) is 2.29. The molecule has 1 N–H and O–H groups in total. The molecule has 0 radical (unpaired) electrons. The second kappa shape index (κ2) is 5.95. The standard InChI is InChI=1S/C14H11Cl2NO2/c1-9(18)19-14-5-3-2-4-13(14)17-12-7-10(15)6-11(16)8-12/h2-8,17H,1H3. The van der Waals surface area contributed by atoms with Gasteiger partial charge < -0.3 is 10.1 Å². The number of ether oxygens (including phenoxy) is 1. The predicted octanol–water partition coefficient (Wildman–Crippen LogP) is 4.66. The maximum atomic E-state index is 11.0. The summed E-state index contributed by atoms with van der Waals surface area (Å²) in [6.45, 7) is 1.35. The molecule has 0 aliphatic rings. The van der Waals surface area contributed by atoms with Crippen molar-refractivity contribution >= 4 is 40.5 Å². The number of para-hydroxylation sites is 2. The van der Waals surface area contributed by atoms with Gasteiger partial charge in [-0.25, -0.2) is 0 Å². The number of rotatable bonds is 3. The van der Waals surface area contributed by atoms with Crippen LogP contribution in [0.25, 0.3) is 0 Å². The van der Waals surface area contributed by atoms with Crippen LogP contribution in [0.5, 0.6) is 5.75 Å². The predicted molar refractivity (Wildman–Crippen MR) is 77.5 cm³/mol. The van der Waals surface area contributed by atoms with Gasteiger partial charge in [-0.05, 0) is 30.3 Å². The topological polar surface area (TPSA) is 38.3 Å². The van der Waals surface area contributed by atoms with Crippen LogP contribution in [0.2, 0.25) is 10.0 Å². The largest absolute Gasteiger partial charge is 0.424 e. The van der Waals surface area contributed by atoms with E-state index in [1.165, 1.54) is 6.92 Å². The molecule has 3 nitrogen and oxygen atoms in total. The molecule has 19 heavy (non-hydrogen) atoms. The Labute approximate surface area is 121 Å². The zero-order valence-electron chi connectivity index (χ0n) is 10.1. The average molecular weight is 296 g/mol. The fourth-order valence-corrected chi connectivity index (χ4v) is 2.12. The van der Waals surface area contributed by atoms with E-state index in [-0.39, 0.29) is 5.97 Å². The van der Waals surface area contributed by atoms with Crippen LogP contribution in [-0.4, -0.2) is 5.97 Å². The van der Waals surface area contributed by atoms with E-state index in [2.05, 4.69) is 5.32 Å². The van der Waals surface area contributed by atoms with Gasteiger partial charge in [0.15, 0.2) is 5.75 Å². The number of benzene rings is 2. The first-order valence-corrected chi connectivity index (χ1v) is 6.31. The summed E-state index contributed by atoms with van der Waals surface area (Å²) in [6.07, 6.45) is 0. The van der Waals surface area contributed by atoms with Crippen LogP contribution < -0.4 is 10.1 Å². The van der Waals surface area contributed by atoms with Crippen molar-refractivity contribution in [3.63, 3.8) is 0 Å². The number of nitrogens with one attached hydrogen (secondary N) is 1. The van der Waals surface area contributed by atoms with Gasteiger partial charge >= 0.3 is 5.97 Å². The molecule has 0 bridgehead atoms. The van der Waals surface area contributed by atoms with Crippen molar-refractivity contribution in [2.24, 2.45) is 0 Å². The first-order valence-electron chi connectivity index (χ1n) is 5.55. The molecule has 0 saturated heterocycles. The Morgan fingerprint density at radius 3 is 2.37 bits per heavy atom. The second-order valence-electron chi connectivity index (χ2n) is 3.87. The highest BCUT2D eigenvalue weighted by molar-refractivity contribution is 6.35. The summed E-state index contributed by atoms with van der Waals surface area (Å²) in [5, 5.41) is 4.17. The van der Waals surface area contributed by atoms with Gasteiger partial charge in [-0.3, -0.25) is 4.79 Å². The van der Waals surface area contributed by atoms with Gasteiger partial charge in [0.2, 0.25) is 0 Å². The lowest BCUT2D eigenvalue weighted by Gasteiger charge is -2.11. The molecule has 0 spiro atoms. The van der Waals surface area contributed by atoms with E-state index < -0.39 is 0 Å². The molecule has 0 saturated carbocycles. The number of anilines is 2. The zero-order chi connectivity index (χ0) is 13.8. The third-order valence-electron chi connectivity index (χ3n) is 2.28. The molecule has 0 heterocycles. The Bertz CT molecular complexity index is 594. The van der Waals surface area contributed by atoms with Gasteiger partial charge in [-0.1, -0.05) is 35.3 Å². The molecule has 0 fully saturated rings. The third kappa shape index (κ3) is 3.88. The fraction of sp³-hybridized carbons (Fsp3) is 0.0714. The molecule has 98 valence electrons. The third-order valence-corrected chi connectivity index (χ3v) is 2.72. The molecule has 0 aromatic heterocycles. The Morgan fingerprint density at radius 2 is 1.74 bits per heavy atom. The highest BCUT2D eigenvalue weighted by Gasteiger charge is 2.06. The van der Waals surface area contributed by atoms with Gasteiger partial charge in [0, 0.05) is 22.7 Å². The van der Waals surface area contributed by atoms with Gasteiger partial charge in [0.05, 0.1) is 5.69 Å². The first-order chi connectivity index (χ1) is 9.04. The summed E-state index contributed by atoms with van der Waals surface area (Å²) in [5.74, 6) is 0.0736. The number of carbonyl (C=O) groups excluding carboxylic acids is 1. The first kappa shape index (κ1) is 13.7. The van der Waals surface area contributed by atoms with Crippen molar-refractivity contribution in [2.45, 2.75) is 6.92 Å². The molecule has 2 aromatic rings. The SMILES string of the molecule is CC(=O)Oc1ccccc1Nc1cc(Cl)cc(Cl)c1. The Morgan fingerprint density at radius 1 is 1.11 bits per heavy atom. The molecular formula is C14H11Cl2NO2. The highest BCUT2D eigenvalue weighted by Crippen LogP contribution is 2.30. The highest BCUT2D eigenvalue weighted by atomic mass is 35.5. The van der Waals surface area contributed by atoms with E-state index in [0.717, 1.165) is 5.69 Å². The summed E-state index contributed by atoms with van der Waals surface area (Å²) >= 11 is 11.9. The lowest BCUT2D eigenvalue weighted by molar-refractivity contribution is -0.131. The Balaban J connectivity index is 2.29. The normalized spacial score (nSPS) is 10.1. The Kier molecular flexibility index (Phi) is 4.30. The van der Waals surface area contributed by atoms with Crippen molar-refractivity contribution in [1.29, 1.82) is 0 Å². The second-order valence-corrected chi connectivity index (χ2v) is 4.75. The van der Waals surface area contributed by atoms with Crippen LogP contribution >= 0.6 is 23.2 Å². The zero-order valence-corrected chi connectivity index (χ0v) is 11.6. The van der Waals surface area contributed by atoms with E-state index >= 15 is 0 Å². The minimum Gasteiger partial charge on any atom is -0.424 e. The summed E-state index contributed by atoms with van der Waals surface area (Å²) < 4.78 is 5.11. The van der Waals surface area contributed by atoms with E-state index in [1.54, 1.807) is 36.4 Å². The molecule has 0 unspecified atom stereocenters. The van der Waals surface area contributed by atoms with Crippen LogP contribution in [-0.2, 0) is 4.79 Å². The van der Waals surface area contributed by atoms with E-state index in [1.807, 2.05) is 6.07 Å². The molecule has 0 atom stereocenters. The minimum absolute atomic E-state index is 0.377. The number of halogens is 2. The lowest BCUT2D eigenvalue weighted by atomic mass is 10.2. The number of hydrogen-bond acceptors (Lipinski definition) is 3. The number of esters is 1. The molecule has 5 heteroatoms. The molecule has 2 rings (SSSR count). The van der Waals surface area contributed by atoms with Gasteiger partial charge in [0.25, 0.3) is 0 Å². The van der Waals surface area contributed by atoms with Crippen molar-refractivity contribution in [1.82, 2.24) is 0 Å². The molecule has 0 aliphatic heterocycles. The van der Waals surface area contributed by atoms with Crippen molar-refractivity contribution < 1.29 is 9.53 Å². The summed E-state index contributed by atoms with van der Waals surface area (Å²) in [6, 6.07) is 12.2.